The molecule has 3 heterocycles. The van der Waals surface area contributed by atoms with Gasteiger partial charge in [-0.25, -0.2) is 0 Å². The molecule has 0 radical (unpaired) electrons. The first-order valence-corrected chi connectivity index (χ1v) is 9.83. The Labute approximate surface area is 165 Å². The normalized spacial score (nSPS) is 15.4. The van der Waals surface area contributed by atoms with Crippen molar-refractivity contribution in [1.82, 2.24) is 9.88 Å². The topological polar surface area (TPSA) is 49.6 Å². The monoisotopic (exact) mass is 375 g/mol. The lowest BCUT2D eigenvalue weighted by atomic mass is 10.0. The van der Waals surface area contributed by atoms with Crippen molar-refractivity contribution in [3.05, 3.63) is 84.6 Å². The van der Waals surface area contributed by atoms with Crippen LogP contribution in [0, 0.1) is 0 Å². The summed E-state index contributed by atoms with van der Waals surface area (Å²) in [5.41, 5.74) is 2.79. The number of amides is 1. The van der Waals surface area contributed by atoms with Crippen LogP contribution in [0.15, 0.2) is 77.9 Å². The van der Waals surface area contributed by atoms with E-state index in [1.807, 2.05) is 17.0 Å². The molecule has 1 aliphatic heterocycles. The summed E-state index contributed by atoms with van der Waals surface area (Å²) in [4.78, 5) is 21.7. The van der Waals surface area contributed by atoms with Crippen molar-refractivity contribution in [2.45, 2.75) is 25.3 Å². The maximum Gasteiger partial charge on any atom is 0.261 e. The average molecular weight is 375 g/mol. The highest BCUT2D eigenvalue weighted by Crippen LogP contribution is 2.25. The summed E-state index contributed by atoms with van der Waals surface area (Å²) in [6.45, 7) is 3.04. The van der Waals surface area contributed by atoms with Crippen LogP contribution in [-0.2, 0) is 6.42 Å². The maximum atomic E-state index is 13.1. The van der Waals surface area contributed by atoms with Crippen LogP contribution in [0.5, 0.6) is 0 Å². The van der Waals surface area contributed by atoms with E-state index in [2.05, 4.69) is 40.2 Å². The molecule has 5 heteroatoms. The lowest BCUT2D eigenvalue weighted by Gasteiger charge is -2.38. The van der Waals surface area contributed by atoms with Gasteiger partial charge in [-0.05, 0) is 43.0 Å². The number of nitrogens with zero attached hydrogens (tertiary/aromatic N) is 3. The first-order valence-electron chi connectivity index (χ1n) is 9.83. The van der Waals surface area contributed by atoms with Crippen LogP contribution in [0.3, 0.4) is 0 Å². The minimum Gasteiger partial charge on any atom is -0.472 e. The van der Waals surface area contributed by atoms with E-state index in [4.69, 9.17) is 4.42 Å². The van der Waals surface area contributed by atoms with Gasteiger partial charge in [-0.2, -0.15) is 0 Å². The summed E-state index contributed by atoms with van der Waals surface area (Å²) < 4.78 is 5.13. The predicted octanol–water partition coefficient (Wildman–Crippen LogP) is 4.03. The third-order valence-corrected chi connectivity index (χ3v) is 5.39. The van der Waals surface area contributed by atoms with Gasteiger partial charge in [0.2, 0.25) is 0 Å². The largest absolute Gasteiger partial charge is 0.472 e. The summed E-state index contributed by atoms with van der Waals surface area (Å²) in [5, 5.41) is 0. The summed E-state index contributed by atoms with van der Waals surface area (Å²) in [6, 6.07) is 16.3. The number of hydrogen-bond donors (Lipinski definition) is 0. The van der Waals surface area contributed by atoms with Gasteiger partial charge in [0, 0.05) is 31.9 Å². The highest BCUT2D eigenvalue weighted by molar-refractivity contribution is 6.06. The number of rotatable bonds is 6. The molecule has 0 aliphatic carbocycles. The number of pyridine rings is 1. The lowest BCUT2D eigenvalue weighted by Crippen LogP contribution is -2.48. The van der Waals surface area contributed by atoms with Gasteiger partial charge in [-0.3, -0.25) is 9.78 Å². The number of aromatic nitrogens is 1. The van der Waals surface area contributed by atoms with Crippen LogP contribution < -0.4 is 4.90 Å². The van der Waals surface area contributed by atoms with Crippen molar-refractivity contribution in [3.63, 3.8) is 0 Å². The number of carbonyl (C=O) groups is 1. The number of carbonyl (C=O) groups excluding carboxylic acids is 1. The second kappa shape index (κ2) is 8.85. The van der Waals surface area contributed by atoms with Crippen LogP contribution in [-0.4, -0.2) is 41.5 Å². The van der Waals surface area contributed by atoms with Crippen LogP contribution in [0.25, 0.3) is 0 Å². The zero-order chi connectivity index (χ0) is 19.2. The van der Waals surface area contributed by atoms with E-state index < -0.39 is 0 Å². The Hall–Kier alpha value is -2.92. The molecule has 1 aromatic carbocycles. The SMILES string of the molecule is O=C(c1ccoc1)N(c1cccnc1)C1CCN(CCc2ccccc2)CC1. The van der Waals surface area contributed by atoms with Crippen molar-refractivity contribution in [3.8, 4) is 0 Å². The molecule has 2 aromatic heterocycles. The second-order valence-electron chi connectivity index (χ2n) is 7.21. The van der Waals surface area contributed by atoms with Gasteiger partial charge in [0.1, 0.15) is 6.26 Å². The number of furan rings is 1. The van der Waals surface area contributed by atoms with Crippen LogP contribution in [0.1, 0.15) is 28.8 Å². The van der Waals surface area contributed by atoms with E-state index in [1.165, 1.54) is 11.8 Å². The van der Waals surface area contributed by atoms with Crippen molar-refractivity contribution < 1.29 is 9.21 Å². The van der Waals surface area contributed by atoms with E-state index >= 15 is 0 Å². The Morgan fingerprint density at radius 1 is 1.11 bits per heavy atom. The van der Waals surface area contributed by atoms with Crippen molar-refractivity contribution in [2.75, 3.05) is 24.5 Å². The second-order valence-corrected chi connectivity index (χ2v) is 7.21. The molecule has 0 bridgehead atoms. The zero-order valence-corrected chi connectivity index (χ0v) is 15.9. The van der Waals surface area contributed by atoms with Crippen molar-refractivity contribution in [2.24, 2.45) is 0 Å². The van der Waals surface area contributed by atoms with Gasteiger partial charge >= 0.3 is 0 Å². The molecular weight excluding hydrogens is 350 g/mol. The number of anilines is 1. The number of benzene rings is 1. The molecule has 0 N–H and O–H groups in total. The summed E-state index contributed by atoms with van der Waals surface area (Å²) in [5.74, 6) is -0.0236. The number of piperidine rings is 1. The first-order chi connectivity index (χ1) is 13.8. The Balaban J connectivity index is 1.42. The molecule has 1 aliphatic rings. The molecule has 4 rings (SSSR count). The van der Waals surface area contributed by atoms with Gasteiger partial charge in [-0.15, -0.1) is 0 Å². The Bertz CT molecular complexity index is 857. The number of likely N-dealkylation sites (tertiary alicyclic amines) is 1. The third-order valence-electron chi connectivity index (χ3n) is 5.39. The minimum absolute atomic E-state index is 0.0236. The quantitative estimate of drug-likeness (QED) is 0.653. The predicted molar refractivity (Wildman–Crippen MR) is 109 cm³/mol. The Morgan fingerprint density at radius 2 is 1.93 bits per heavy atom. The molecule has 5 nitrogen and oxygen atoms in total. The molecule has 144 valence electrons. The van der Waals surface area contributed by atoms with Gasteiger partial charge in [0.05, 0.1) is 23.7 Å². The van der Waals surface area contributed by atoms with Gasteiger partial charge in [0.25, 0.3) is 5.91 Å². The molecule has 0 unspecified atom stereocenters. The highest BCUT2D eigenvalue weighted by atomic mass is 16.3. The summed E-state index contributed by atoms with van der Waals surface area (Å²) in [7, 11) is 0. The molecule has 0 saturated carbocycles. The molecular formula is C23H25N3O2. The van der Waals surface area contributed by atoms with E-state index in [0.29, 0.717) is 5.56 Å². The molecule has 0 atom stereocenters. The molecule has 1 saturated heterocycles. The molecule has 0 spiro atoms. The van der Waals surface area contributed by atoms with Crippen molar-refractivity contribution in [1.29, 1.82) is 0 Å². The van der Waals surface area contributed by atoms with E-state index in [0.717, 1.165) is 44.6 Å². The first kappa shape index (κ1) is 18.4. The summed E-state index contributed by atoms with van der Waals surface area (Å²) >= 11 is 0. The minimum atomic E-state index is -0.0236. The number of hydrogen-bond acceptors (Lipinski definition) is 4. The van der Waals surface area contributed by atoms with E-state index in [1.54, 1.807) is 24.7 Å². The fourth-order valence-electron chi connectivity index (χ4n) is 3.85. The molecule has 1 fully saturated rings. The Morgan fingerprint density at radius 3 is 2.61 bits per heavy atom. The van der Waals surface area contributed by atoms with Crippen LogP contribution in [0.2, 0.25) is 0 Å². The third kappa shape index (κ3) is 4.31. The fraction of sp³-hybridized carbons (Fsp3) is 0.304. The zero-order valence-electron chi connectivity index (χ0n) is 15.9. The lowest BCUT2D eigenvalue weighted by molar-refractivity contribution is 0.0959. The standard InChI is InChI=1S/C23H25N3O2/c27-23(20-11-16-28-18-20)26(22-7-4-12-24-17-22)21-9-14-25(15-10-21)13-8-19-5-2-1-3-6-19/h1-7,11-12,16-18,21H,8-10,13-15H2. The van der Waals surface area contributed by atoms with E-state index in [9.17, 15) is 4.79 Å². The van der Waals surface area contributed by atoms with Crippen LogP contribution >= 0.6 is 0 Å². The smallest absolute Gasteiger partial charge is 0.261 e. The van der Waals surface area contributed by atoms with Gasteiger partial charge in [-0.1, -0.05) is 30.3 Å². The molecule has 1 amide bonds. The average Bonchev–Trinajstić information content (AvgIpc) is 3.30. The van der Waals surface area contributed by atoms with E-state index in [-0.39, 0.29) is 11.9 Å². The van der Waals surface area contributed by atoms with Gasteiger partial charge in [0.15, 0.2) is 0 Å². The highest BCUT2D eigenvalue weighted by Gasteiger charge is 2.30. The Kier molecular flexibility index (Phi) is 5.83. The van der Waals surface area contributed by atoms with Crippen molar-refractivity contribution >= 4 is 11.6 Å². The summed E-state index contributed by atoms with van der Waals surface area (Å²) in [6.07, 6.45) is 9.52. The maximum absolute atomic E-state index is 13.1. The fourth-order valence-corrected chi connectivity index (χ4v) is 3.85. The van der Waals surface area contributed by atoms with Gasteiger partial charge < -0.3 is 14.2 Å². The van der Waals surface area contributed by atoms with Crippen LogP contribution in [0.4, 0.5) is 5.69 Å². The molecule has 3 aromatic rings. The molecule has 28 heavy (non-hydrogen) atoms.